The topological polar surface area (TPSA) is 43.8 Å². The number of carbonyl (C=O) groups excluding carboxylic acids is 1. The highest BCUT2D eigenvalue weighted by molar-refractivity contribution is 9.10. The first-order chi connectivity index (χ1) is 14.5. The SMILES string of the molecule is O=C1N(c2ccc(Br)cc2)[C@H](C2CC2)C(O)(c2ccccc2)N1c1ccc(Br)cc1. The van der Waals surface area contributed by atoms with Gasteiger partial charge in [-0.1, -0.05) is 62.2 Å². The third-order valence-corrected chi connectivity index (χ3v) is 6.94. The predicted octanol–water partition coefficient (Wildman–Crippen LogP) is 6.28. The second-order valence-electron chi connectivity index (χ2n) is 7.82. The van der Waals surface area contributed by atoms with Gasteiger partial charge < -0.3 is 5.11 Å². The molecule has 1 aliphatic carbocycles. The van der Waals surface area contributed by atoms with Gasteiger partial charge in [-0.25, -0.2) is 4.79 Å². The van der Waals surface area contributed by atoms with Crippen LogP contribution in [0.25, 0.3) is 0 Å². The summed E-state index contributed by atoms with van der Waals surface area (Å²) in [6.45, 7) is 0. The average molecular weight is 528 g/mol. The van der Waals surface area contributed by atoms with Gasteiger partial charge in [-0.2, -0.15) is 0 Å². The van der Waals surface area contributed by atoms with Crippen molar-refractivity contribution in [1.82, 2.24) is 0 Å². The molecule has 3 aromatic carbocycles. The Morgan fingerprint density at radius 3 is 1.87 bits per heavy atom. The van der Waals surface area contributed by atoms with Crippen LogP contribution in [0.15, 0.2) is 87.8 Å². The molecule has 0 bridgehead atoms. The summed E-state index contributed by atoms with van der Waals surface area (Å²) in [5, 5.41) is 12.3. The molecule has 6 heteroatoms. The van der Waals surface area contributed by atoms with Crippen LogP contribution in [0.1, 0.15) is 18.4 Å². The second-order valence-corrected chi connectivity index (χ2v) is 9.65. The minimum absolute atomic E-state index is 0.220. The normalized spacial score (nSPS) is 23.8. The van der Waals surface area contributed by atoms with Crippen molar-refractivity contribution >= 4 is 49.3 Å². The Hall–Kier alpha value is -2.15. The Morgan fingerprint density at radius 1 is 0.800 bits per heavy atom. The number of aliphatic hydroxyl groups is 1. The predicted molar refractivity (Wildman–Crippen MR) is 125 cm³/mol. The van der Waals surface area contributed by atoms with Crippen molar-refractivity contribution in [2.45, 2.75) is 24.6 Å². The zero-order valence-electron chi connectivity index (χ0n) is 16.1. The maximum Gasteiger partial charge on any atom is 0.332 e. The zero-order chi connectivity index (χ0) is 20.9. The molecule has 0 spiro atoms. The van der Waals surface area contributed by atoms with E-state index in [-0.39, 0.29) is 18.0 Å². The van der Waals surface area contributed by atoms with Crippen LogP contribution in [0.4, 0.5) is 16.2 Å². The van der Waals surface area contributed by atoms with E-state index in [1.807, 2.05) is 78.9 Å². The van der Waals surface area contributed by atoms with Crippen LogP contribution >= 0.6 is 31.9 Å². The Labute approximate surface area is 192 Å². The van der Waals surface area contributed by atoms with E-state index >= 15 is 0 Å². The molecule has 2 atom stereocenters. The lowest BCUT2D eigenvalue weighted by molar-refractivity contribution is 0.0251. The first-order valence-electron chi connectivity index (χ1n) is 9.92. The van der Waals surface area contributed by atoms with Crippen LogP contribution in [0, 0.1) is 5.92 Å². The number of hydrogen-bond donors (Lipinski definition) is 1. The molecule has 2 amide bonds. The number of anilines is 2. The van der Waals surface area contributed by atoms with Crippen molar-refractivity contribution in [1.29, 1.82) is 0 Å². The summed E-state index contributed by atoms with van der Waals surface area (Å²) in [5.41, 5.74) is 0.701. The molecule has 2 aliphatic rings. The molecule has 2 fully saturated rings. The maximum absolute atomic E-state index is 13.9. The number of nitrogens with zero attached hydrogens (tertiary/aromatic N) is 2. The van der Waals surface area contributed by atoms with E-state index in [0.29, 0.717) is 5.69 Å². The first-order valence-corrected chi connectivity index (χ1v) is 11.5. The number of halogens is 2. The van der Waals surface area contributed by atoms with Gasteiger partial charge in [0.1, 0.15) is 0 Å². The van der Waals surface area contributed by atoms with Crippen LogP contribution in [-0.2, 0) is 5.72 Å². The van der Waals surface area contributed by atoms with E-state index in [0.717, 1.165) is 33.0 Å². The van der Waals surface area contributed by atoms with Crippen LogP contribution in [0.5, 0.6) is 0 Å². The highest BCUT2D eigenvalue weighted by atomic mass is 79.9. The summed E-state index contributed by atoms with van der Waals surface area (Å²) >= 11 is 6.93. The molecule has 3 aromatic rings. The molecule has 1 aliphatic heterocycles. The van der Waals surface area contributed by atoms with Gasteiger partial charge in [0.25, 0.3) is 0 Å². The van der Waals surface area contributed by atoms with Crippen molar-refractivity contribution in [3.8, 4) is 0 Å². The molecular weight excluding hydrogens is 508 g/mol. The monoisotopic (exact) mass is 526 g/mol. The minimum atomic E-state index is -1.47. The lowest BCUT2D eigenvalue weighted by atomic mass is 9.90. The highest BCUT2D eigenvalue weighted by Gasteiger charge is 2.62. The lowest BCUT2D eigenvalue weighted by Crippen LogP contribution is -2.50. The molecular formula is C24H20Br2N2O2. The molecule has 1 heterocycles. The van der Waals surface area contributed by atoms with Gasteiger partial charge in [0.2, 0.25) is 0 Å². The standard InChI is InChI=1S/C24H20Br2N2O2/c25-18-8-12-20(13-9-18)27-22(16-6-7-16)24(30,17-4-2-1-3-5-17)28(23(27)29)21-14-10-19(26)11-15-21/h1-5,8-16,22,30H,6-7H2/t22-,24?/m1/s1. The quantitative estimate of drug-likeness (QED) is 0.433. The Balaban J connectivity index is 1.72. The summed E-state index contributed by atoms with van der Waals surface area (Å²) in [6, 6.07) is 24.2. The number of hydrogen-bond acceptors (Lipinski definition) is 2. The molecule has 4 nitrogen and oxygen atoms in total. The van der Waals surface area contributed by atoms with Crippen molar-refractivity contribution in [3.05, 3.63) is 93.4 Å². The number of rotatable bonds is 4. The summed E-state index contributed by atoms with van der Waals surface area (Å²) in [5.74, 6) is 0.239. The van der Waals surface area contributed by atoms with E-state index in [4.69, 9.17) is 0 Å². The first kappa shape index (κ1) is 19.8. The number of amides is 2. The highest BCUT2D eigenvalue weighted by Crippen LogP contribution is 2.52. The molecule has 30 heavy (non-hydrogen) atoms. The maximum atomic E-state index is 13.9. The number of carbonyl (C=O) groups is 1. The van der Waals surface area contributed by atoms with E-state index in [2.05, 4.69) is 31.9 Å². The summed E-state index contributed by atoms with van der Waals surface area (Å²) in [4.78, 5) is 17.2. The van der Waals surface area contributed by atoms with Gasteiger partial charge in [-0.3, -0.25) is 9.80 Å². The third kappa shape index (κ3) is 3.18. The number of urea groups is 1. The van der Waals surface area contributed by atoms with Crippen molar-refractivity contribution in [3.63, 3.8) is 0 Å². The second kappa shape index (κ2) is 7.52. The molecule has 1 N–H and O–H groups in total. The minimum Gasteiger partial charge on any atom is -0.365 e. The van der Waals surface area contributed by atoms with Crippen LogP contribution < -0.4 is 9.80 Å². The fourth-order valence-electron chi connectivity index (χ4n) is 4.39. The molecule has 0 radical (unpaired) electrons. The van der Waals surface area contributed by atoms with E-state index in [1.165, 1.54) is 0 Å². The van der Waals surface area contributed by atoms with Crippen molar-refractivity contribution < 1.29 is 9.90 Å². The fraction of sp³-hybridized carbons (Fsp3) is 0.208. The van der Waals surface area contributed by atoms with Crippen LogP contribution in [0.2, 0.25) is 0 Å². The van der Waals surface area contributed by atoms with Gasteiger partial charge in [0.05, 0.1) is 6.04 Å². The van der Waals surface area contributed by atoms with Crippen LogP contribution in [0.3, 0.4) is 0 Å². The fourth-order valence-corrected chi connectivity index (χ4v) is 4.92. The van der Waals surface area contributed by atoms with E-state index in [1.54, 1.807) is 9.80 Å². The van der Waals surface area contributed by atoms with Gasteiger partial charge in [0, 0.05) is 25.9 Å². The summed E-state index contributed by atoms with van der Waals surface area (Å²) in [6.07, 6.45) is 1.99. The summed E-state index contributed by atoms with van der Waals surface area (Å²) in [7, 11) is 0. The zero-order valence-corrected chi connectivity index (χ0v) is 19.3. The van der Waals surface area contributed by atoms with Gasteiger partial charge in [-0.15, -0.1) is 0 Å². The van der Waals surface area contributed by atoms with E-state index < -0.39 is 5.72 Å². The molecule has 1 saturated carbocycles. The molecule has 0 aromatic heterocycles. The van der Waals surface area contributed by atoms with Crippen molar-refractivity contribution in [2.24, 2.45) is 5.92 Å². The Bertz CT molecular complexity index is 1070. The van der Waals surface area contributed by atoms with Crippen molar-refractivity contribution in [2.75, 3.05) is 9.80 Å². The molecule has 1 unspecified atom stereocenters. The van der Waals surface area contributed by atoms with Crippen LogP contribution in [-0.4, -0.2) is 17.2 Å². The molecule has 1 saturated heterocycles. The average Bonchev–Trinajstić information content (AvgIpc) is 3.56. The van der Waals surface area contributed by atoms with Gasteiger partial charge in [-0.05, 0) is 67.3 Å². The summed E-state index contributed by atoms with van der Waals surface area (Å²) < 4.78 is 1.87. The lowest BCUT2D eigenvalue weighted by Gasteiger charge is -2.37. The molecule has 152 valence electrons. The number of benzene rings is 3. The Morgan fingerprint density at radius 2 is 1.33 bits per heavy atom. The smallest absolute Gasteiger partial charge is 0.332 e. The van der Waals surface area contributed by atoms with E-state index in [9.17, 15) is 9.90 Å². The third-order valence-electron chi connectivity index (χ3n) is 5.89. The Kier molecular flexibility index (Phi) is 4.96. The molecule has 5 rings (SSSR count). The van der Waals surface area contributed by atoms with Gasteiger partial charge in [0.15, 0.2) is 5.72 Å². The largest absolute Gasteiger partial charge is 0.365 e. The van der Waals surface area contributed by atoms with Gasteiger partial charge >= 0.3 is 6.03 Å².